The Labute approximate surface area is 191 Å². The summed E-state index contributed by atoms with van der Waals surface area (Å²) in [6.45, 7) is 2.20. The second kappa shape index (κ2) is 10.6. The summed E-state index contributed by atoms with van der Waals surface area (Å²) in [4.78, 5) is 12.8. The minimum atomic E-state index is -3.89. The third kappa shape index (κ3) is 6.40. The van der Waals surface area contributed by atoms with Gasteiger partial charge in [0.25, 0.3) is 0 Å². The van der Waals surface area contributed by atoms with Crippen LogP contribution in [0.15, 0.2) is 88.2 Å². The summed E-state index contributed by atoms with van der Waals surface area (Å²) in [5.74, 6) is 0.268. The Hall–Kier alpha value is -2.68. The lowest BCUT2D eigenvalue weighted by molar-refractivity contribution is -0.116. The van der Waals surface area contributed by atoms with Crippen molar-refractivity contribution in [2.24, 2.45) is 0 Å². The molecule has 0 atom stereocenters. The average Bonchev–Trinajstić information content (AvgIpc) is 2.76. The highest BCUT2D eigenvalue weighted by Crippen LogP contribution is 2.21. The van der Waals surface area contributed by atoms with Gasteiger partial charge in [0.15, 0.2) is 0 Å². The number of carbonyl (C=O) groups excluding carboxylic acids is 1. The molecule has 3 rings (SSSR count). The fourth-order valence-corrected chi connectivity index (χ4v) is 4.58. The van der Waals surface area contributed by atoms with Gasteiger partial charge in [0.1, 0.15) is 5.75 Å². The number of rotatable bonds is 9. The van der Waals surface area contributed by atoms with Gasteiger partial charge < -0.3 is 10.1 Å². The number of anilines is 1. The summed E-state index contributed by atoms with van der Waals surface area (Å²) in [6.07, 6.45) is 0. The summed E-state index contributed by atoms with van der Waals surface area (Å²) in [5.41, 5.74) is 1.35. The first-order valence-corrected chi connectivity index (χ1v) is 11.9. The zero-order valence-corrected chi connectivity index (χ0v) is 19.4. The summed E-state index contributed by atoms with van der Waals surface area (Å²) >= 11 is 3.31. The fourth-order valence-electron chi connectivity index (χ4n) is 2.93. The molecule has 0 fully saturated rings. The van der Waals surface area contributed by atoms with Crippen molar-refractivity contribution in [3.8, 4) is 5.75 Å². The standard InChI is InChI=1S/C23H23BrN2O4S/c1-2-30-21-12-10-20(11-13-21)25-23(27)17-26(16-18-6-4-3-5-7-18)31(28,29)22-14-8-19(24)9-15-22/h3-15H,2,16-17H2,1H3,(H,25,27). The Morgan fingerprint density at radius 2 is 1.61 bits per heavy atom. The molecule has 1 N–H and O–H groups in total. The van der Waals surface area contributed by atoms with Crippen molar-refractivity contribution in [3.05, 3.63) is 88.9 Å². The molecule has 0 radical (unpaired) electrons. The predicted octanol–water partition coefficient (Wildman–Crippen LogP) is 4.68. The SMILES string of the molecule is CCOc1ccc(NC(=O)CN(Cc2ccccc2)S(=O)(=O)c2ccc(Br)cc2)cc1. The molecule has 0 unspecified atom stereocenters. The first-order chi connectivity index (χ1) is 14.9. The van der Waals surface area contributed by atoms with E-state index in [1.807, 2.05) is 37.3 Å². The van der Waals surface area contributed by atoms with Crippen LogP contribution in [-0.2, 0) is 21.4 Å². The number of amides is 1. The molecule has 6 nitrogen and oxygen atoms in total. The Kier molecular flexibility index (Phi) is 7.84. The van der Waals surface area contributed by atoms with Crippen LogP contribution in [-0.4, -0.2) is 31.8 Å². The maximum atomic E-state index is 13.3. The van der Waals surface area contributed by atoms with E-state index >= 15 is 0 Å². The zero-order valence-electron chi connectivity index (χ0n) is 17.0. The number of ether oxygens (including phenoxy) is 1. The maximum Gasteiger partial charge on any atom is 0.243 e. The van der Waals surface area contributed by atoms with Crippen molar-refractivity contribution in [3.63, 3.8) is 0 Å². The predicted molar refractivity (Wildman–Crippen MR) is 124 cm³/mol. The Bertz CT molecular complexity index is 1100. The van der Waals surface area contributed by atoms with Crippen molar-refractivity contribution in [2.45, 2.75) is 18.4 Å². The van der Waals surface area contributed by atoms with Crippen LogP contribution in [0.25, 0.3) is 0 Å². The lowest BCUT2D eigenvalue weighted by atomic mass is 10.2. The van der Waals surface area contributed by atoms with Crippen LogP contribution in [0.4, 0.5) is 5.69 Å². The molecule has 0 saturated carbocycles. The molecule has 31 heavy (non-hydrogen) atoms. The lowest BCUT2D eigenvalue weighted by Gasteiger charge is -2.22. The van der Waals surface area contributed by atoms with E-state index in [4.69, 9.17) is 4.74 Å². The Morgan fingerprint density at radius 3 is 2.23 bits per heavy atom. The second-order valence-corrected chi connectivity index (χ2v) is 9.57. The third-order valence-corrected chi connectivity index (χ3v) is 6.76. The minimum Gasteiger partial charge on any atom is -0.494 e. The van der Waals surface area contributed by atoms with Crippen LogP contribution in [0, 0.1) is 0 Å². The van der Waals surface area contributed by atoms with Gasteiger partial charge in [0.2, 0.25) is 15.9 Å². The zero-order chi connectivity index (χ0) is 22.3. The molecule has 0 spiro atoms. The molecule has 0 aliphatic rings. The molecule has 0 aliphatic heterocycles. The smallest absolute Gasteiger partial charge is 0.243 e. The first-order valence-electron chi connectivity index (χ1n) is 9.71. The number of hydrogen-bond acceptors (Lipinski definition) is 4. The van der Waals surface area contributed by atoms with Crippen LogP contribution >= 0.6 is 15.9 Å². The van der Waals surface area contributed by atoms with Crippen molar-refractivity contribution in [1.29, 1.82) is 0 Å². The summed E-state index contributed by atoms with van der Waals surface area (Å²) < 4.78 is 33.9. The van der Waals surface area contributed by atoms with Crippen LogP contribution in [0.2, 0.25) is 0 Å². The number of nitrogens with zero attached hydrogens (tertiary/aromatic N) is 1. The number of sulfonamides is 1. The molecule has 1 amide bonds. The van der Waals surface area contributed by atoms with Crippen LogP contribution in [0.3, 0.4) is 0 Å². The number of nitrogens with one attached hydrogen (secondary N) is 1. The normalized spacial score (nSPS) is 11.3. The Morgan fingerprint density at radius 1 is 0.968 bits per heavy atom. The molecule has 162 valence electrons. The van der Waals surface area contributed by atoms with Gasteiger partial charge >= 0.3 is 0 Å². The average molecular weight is 503 g/mol. The largest absolute Gasteiger partial charge is 0.494 e. The molecular weight excluding hydrogens is 480 g/mol. The highest BCUT2D eigenvalue weighted by molar-refractivity contribution is 9.10. The van der Waals surface area contributed by atoms with Gasteiger partial charge in [0.05, 0.1) is 18.0 Å². The molecule has 3 aromatic rings. The Balaban J connectivity index is 1.80. The van der Waals surface area contributed by atoms with E-state index in [1.165, 1.54) is 16.4 Å². The molecule has 0 aliphatic carbocycles. The van der Waals surface area contributed by atoms with E-state index in [0.29, 0.717) is 18.0 Å². The van der Waals surface area contributed by atoms with Gasteiger partial charge in [0, 0.05) is 16.7 Å². The maximum absolute atomic E-state index is 13.3. The van der Waals surface area contributed by atoms with Crippen LogP contribution in [0.1, 0.15) is 12.5 Å². The van der Waals surface area contributed by atoms with E-state index in [1.54, 1.807) is 36.4 Å². The minimum absolute atomic E-state index is 0.0793. The topological polar surface area (TPSA) is 75.7 Å². The molecule has 3 aromatic carbocycles. The van der Waals surface area contributed by atoms with Gasteiger partial charge in [-0.2, -0.15) is 4.31 Å². The monoisotopic (exact) mass is 502 g/mol. The highest BCUT2D eigenvalue weighted by atomic mass is 79.9. The number of halogens is 1. The second-order valence-electron chi connectivity index (χ2n) is 6.72. The molecule has 0 saturated heterocycles. The van der Waals surface area contributed by atoms with E-state index in [2.05, 4.69) is 21.2 Å². The fraction of sp³-hybridized carbons (Fsp3) is 0.174. The first kappa shape index (κ1) is 23.0. The van der Waals surface area contributed by atoms with Gasteiger partial charge in [-0.15, -0.1) is 0 Å². The summed E-state index contributed by atoms with van der Waals surface area (Å²) in [5, 5.41) is 2.75. The van der Waals surface area contributed by atoms with Crippen molar-refractivity contribution in [2.75, 3.05) is 18.5 Å². The van der Waals surface area contributed by atoms with Gasteiger partial charge in [-0.1, -0.05) is 46.3 Å². The van der Waals surface area contributed by atoms with Crippen LogP contribution < -0.4 is 10.1 Å². The van der Waals surface area contributed by atoms with E-state index in [-0.39, 0.29) is 18.0 Å². The van der Waals surface area contributed by atoms with Crippen molar-refractivity contribution < 1.29 is 17.9 Å². The van der Waals surface area contributed by atoms with Gasteiger partial charge in [-0.3, -0.25) is 4.79 Å². The highest BCUT2D eigenvalue weighted by Gasteiger charge is 2.27. The summed E-state index contributed by atoms with van der Waals surface area (Å²) in [6, 6.07) is 22.5. The van der Waals surface area contributed by atoms with E-state index in [0.717, 1.165) is 10.0 Å². The summed E-state index contributed by atoms with van der Waals surface area (Å²) in [7, 11) is -3.89. The number of benzene rings is 3. The van der Waals surface area contributed by atoms with Crippen LogP contribution in [0.5, 0.6) is 5.75 Å². The van der Waals surface area contributed by atoms with E-state index < -0.39 is 15.9 Å². The lowest BCUT2D eigenvalue weighted by Crippen LogP contribution is -2.37. The molecule has 0 bridgehead atoms. The number of carbonyl (C=O) groups is 1. The van der Waals surface area contributed by atoms with Gasteiger partial charge in [-0.25, -0.2) is 8.42 Å². The molecule has 8 heteroatoms. The molecule has 0 heterocycles. The van der Waals surface area contributed by atoms with Crippen molar-refractivity contribution >= 4 is 37.5 Å². The number of hydrogen-bond donors (Lipinski definition) is 1. The van der Waals surface area contributed by atoms with Gasteiger partial charge in [-0.05, 0) is 61.0 Å². The van der Waals surface area contributed by atoms with Crippen molar-refractivity contribution in [1.82, 2.24) is 4.31 Å². The third-order valence-electron chi connectivity index (χ3n) is 4.42. The van der Waals surface area contributed by atoms with E-state index in [9.17, 15) is 13.2 Å². The molecular formula is C23H23BrN2O4S. The molecule has 0 aromatic heterocycles. The quantitative estimate of drug-likeness (QED) is 0.460.